The van der Waals surface area contributed by atoms with Gasteiger partial charge in [0.2, 0.25) is 5.91 Å². The molecule has 0 saturated heterocycles. The Labute approximate surface area is 131 Å². The van der Waals surface area contributed by atoms with Gasteiger partial charge in [0, 0.05) is 17.8 Å². The van der Waals surface area contributed by atoms with Crippen LogP contribution in [0.1, 0.15) is 18.1 Å². The smallest absolute Gasteiger partial charge is 0.228 e. The minimum absolute atomic E-state index is 0.0508. The number of anilines is 1. The summed E-state index contributed by atoms with van der Waals surface area (Å²) in [6.07, 6.45) is 0.293. The molecule has 1 amide bonds. The second-order valence-corrected chi connectivity index (χ2v) is 5.02. The molecule has 0 aliphatic heterocycles. The fourth-order valence-corrected chi connectivity index (χ4v) is 2.26. The predicted octanol–water partition coefficient (Wildman–Crippen LogP) is 2.99. The number of rotatable bonds is 7. The van der Waals surface area contributed by atoms with Crippen LogP contribution in [0, 0.1) is 0 Å². The standard InChI is InChI=1S/C18H22N2O2/c1-3-19-13-14-7-6-9-16(11-14)20-18(21)12-15-8-4-5-10-17(15)22-2/h4-11,19H,3,12-13H2,1-2H3,(H,20,21). The normalized spacial score (nSPS) is 10.3. The largest absolute Gasteiger partial charge is 0.496 e. The van der Waals surface area contributed by atoms with Crippen molar-refractivity contribution in [2.75, 3.05) is 19.0 Å². The van der Waals surface area contributed by atoms with Crippen LogP contribution in [-0.4, -0.2) is 19.6 Å². The summed E-state index contributed by atoms with van der Waals surface area (Å²) in [7, 11) is 1.61. The highest BCUT2D eigenvalue weighted by atomic mass is 16.5. The second-order valence-electron chi connectivity index (χ2n) is 5.02. The monoisotopic (exact) mass is 298 g/mol. The number of hydrogen-bond acceptors (Lipinski definition) is 3. The first-order valence-electron chi connectivity index (χ1n) is 7.44. The Morgan fingerprint density at radius 2 is 1.95 bits per heavy atom. The highest BCUT2D eigenvalue weighted by molar-refractivity contribution is 5.92. The van der Waals surface area contributed by atoms with Crippen LogP contribution in [0.3, 0.4) is 0 Å². The van der Waals surface area contributed by atoms with Crippen molar-refractivity contribution in [2.45, 2.75) is 19.9 Å². The van der Waals surface area contributed by atoms with E-state index in [-0.39, 0.29) is 5.91 Å². The van der Waals surface area contributed by atoms with Gasteiger partial charge in [0.05, 0.1) is 13.5 Å². The summed E-state index contributed by atoms with van der Waals surface area (Å²) >= 11 is 0. The SMILES string of the molecule is CCNCc1cccc(NC(=O)Cc2ccccc2OC)c1. The van der Waals surface area contributed by atoms with E-state index in [0.717, 1.165) is 35.7 Å². The summed E-state index contributed by atoms with van der Waals surface area (Å²) in [6, 6.07) is 15.4. The number of benzene rings is 2. The van der Waals surface area contributed by atoms with Crippen molar-refractivity contribution < 1.29 is 9.53 Å². The Morgan fingerprint density at radius 1 is 1.14 bits per heavy atom. The molecule has 4 nitrogen and oxygen atoms in total. The number of nitrogens with one attached hydrogen (secondary N) is 2. The van der Waals surface area contributed by atoms with E-state index in [1.165, 1.54) is 0 Å². The van der Waals surface area contributed by atoms with Gasteiger partial charge in [-0.3, -0.25) is 4.79 Å². The summed E-state index contributed by atoms with van der Waals surface area (Å²) in [5.74, 6) is 0.684. The zero-order valence-electron chi connectivity index (χ0n) is 13.1. The fraction of sp³-hybridized carbons (Fsp3) is 0.278. The zero-order chi connectivity index (χ0) is 15.8. The average Bonchev–Trinajstić information content (AvgIpc) is 2.53. The van der Waals surface area contributed by atoms with Crippen LogP contribution in [-0.2, 0) is 17.8 Å². The number of hydrogen-bond donors (Lipinski definition) is 2. The first kappa shape index (κ1) is 16.0. The molecule has 0 unspecified atom stereocenters. The van der Waals surface area contributed by atoms with E-state index >= 15 is 0 Å². The second kappa shape index (κ2) is 8.20. The summed E-state index contributed by atoms with van der Waals surface area (Å²) < 4.78 is 5.27. The van der Waals surface area contributed by atoms with Gasteiger partial charge in [-0.15, -0.1) is 0 Å². The molecule has 0 spiro atoms. The molecule has 2 N–H and O–H groups in total. The van der Waals surface area contributed by atoms with Crippen molar-refractivity contribution in [3.8, 4) is 5.75 Å². The Hall–Kier alpha value is -2.33. The molecular formula is C18H22N2O2. The number of ether oxygens (including phenoxy) is 1. The van der Waals surface area contributed by atoms with Gasteiger partial charge in [-0.1, -0.05) is 37.3 Å². The van der Waals surface area contributed by atoms with Crippen molar-refractivity contribution in [3.63, 3.8) is 0 Å². The molecule has 0 heterocycles. The van der Waals surface area contributed by atoms with E-state index in [0.29, 0.717) is 6.42 Å². The van der Waals surface area contributed by atoms with Gasteiger partial charge < -0.3 is 15.4 Å². The summed E-state index contributed by atoms with van der Waals surface area (Å²) in [5, 5.41) is 6.21. The van der Waals surface area contributed by atoms with Gasteiger partial charge in [0.25, 0.3) is 0 Å². The molecule has 22 heavy (non-hydrogen) atoms. The zero-order valence-corrected chi connectivity index (χ0v) is 13.1. The van der Waals surface area contributed by atoms with Crippen LogP contribution < -0.4 is 15.4 Å². The lowest BCUT2D eigenvalue weighted by molar-refractivity contribution is -0.115. The van der Waals surface area contributed by atoms with Gasteiger partial charge in [0.15, 0.2) is 0 Å². The van der Waals surface area contributed by atoms with Crippen molar-refractivity contribution in [1.82, 2.24) is 5.32 Å². The molecule has 4 heteroatoms. The van der Waals surface area contributed by atoms with Crippen molar-refractivity contribution >= 4 is 11.6 Å². The molecule has 2 rings (SSSR count). The van der Waals surface area contributed by atoms with Crippen LogP contribution in [0.5, 0.6) is 5.75 Å². The van der Waals surface area contributed by atoms with Crippen molar-refractivity contribution in [3.05, 3.63) is 59.7 Å². The van der Waals surface area contributed by atoms with Crippen LogP contribution in [0.2, 0.25) is 0 Å². The van der Waals surface area contributed by atoms with E-state index in [9.17, 15) is 4.79 Å². The minimum Gasteiger partial charge on any atom is -0.496 e. The number of carbonyl (C=O) groups is 1. The van der Waals surface area contributed by atoms with Crippen LogP contribution in [0.4, 0.5) is 5.69 Å². The van der Waals surface area contributed by atoms with Crippen LogP contribution in [0.15, 0.2) is 48.5 Å². The maximum atomic E-state index is 12.2. The number of methoxy groups -OCH3 is 1. The maximum absolute atomic E-state index is 12.2. The van der Waals surface area contributed by atoms with E-state index < -0.39 is 0 Å². The maximum Gasteiger partial charge on any atom is 0.228 e. The molecule has 0 aliphatic rings. The van der Waals surface area contributed by atoms with E-state index in [4.69, 9.17) is 4.74 Å². The van der Waals surface area contributed by atoms with Gasteiger partial charge in [-0.05, 0) is 30.3 Å². The molecule has 0 aliphatic carbocycles. The van der Waals surface area contributed by atoms with Crippen molar-refractivity contribution in [1.29, 1.82) is 0 Å². The van der Waals surface area contributed by atoms with E-state index in [1.807, 2.05) is 48.5 Å². The molecule has 0 atom stereocenters. The topological polar surface area (TPSA) is 50.4 Å². The predicted molar refractivity (Wildman–Crippen MR) is 89.2 cm³/mol. The highest BCUT2D eigenvalue weighted by Crippen LogP contribution is 2.18. The Bertz CT molecular complexity index is 626. The van der Waals surface area contributed by atoms with E-state index in [1.54, 1.807) is 7.11 Å². The Morgan fingerprint density at radius 3 is 2.73 bits per heavy atom. The van der Waals surface area contributed by atoms with E-state index in [2.05, 4.69) is 17.6 Å². The Kier molecular flexibility index (Phi) is 5.98. The molecule has 0 aromatic heterocycles. The molecule has 2 aromatic carbocycles. The first-order chi connectivity index (χ1) is 10.7. The Balaban J connectivity index is 2.00. The van der Waals surface area contributed by atoms with Crippen molar-refractivity contribution in [2.24, 2.45) is 0 Å². The lowest BCUT2D eigenvalue weighted by Crippen LogP contribution is -2.16. The number of para-hydroxylation sites is 1. The minimum atomic E-state index is -0.0508. The molecular weight excluding hydrogens is 276 g/mol. The van der Waals surface area contributed by atoms with Gasteiger partial charge in [0.1, 0.15) is 5.75 Å². The molecule has 2 aromatic rings. The third-order valence-corrected chi connectivity index (χ3v) is 3.33. The van der Waals surface area contributed by atoms with Crippen LogP contribution in [0.25, 0.3) is 0 Å². The lowest BCUT2D eigenvalue weighted by atomic mass is 10.1. The molecule has 116 valence electrons. The first-order valence-corrected chi connectivity index (χ1v) is 7.44. The van der Waals surface area contributed by atoms with Gasteiger partial charge in [-0.2, -0.15) is 0 Å². The quantitative estimate of drug-likeness (QED) is 0.826. The third-order valence-electron chi connectivity index (χ3n) is 3.33. The lowest BCUT2D eigenvalue weighted by Gasteiger charge is -2.10. The molecule has 0 radical (unpaired) electrons. The summed E-state index contributed by atoms with van der Waals surface area (Å²) in [5.41, 5.74) is 2.85. The highest BCUT2D eigenvalue weighted by Gasteiger charge is 2.08. The van der Waals surface area contributed by atoms with Gasteiger partial charge in [-0.25, -0.2) is 0 Å². The third kappa shape index (κ3) is 4.60. The average molecular weight is 298 g/mol. The number of carbonyl (C=O) groups excluding carboxylic acids is 1. The molecule has 0 fully saturated rings. The molecule has 0 saturated carbocycles. The molecule has 0 bridgehead atoms. The summed E-state index contributed by atoms with van der Waals surface area (Å²) in [4.78, 5) is 12.2. The fourth-order valence-electron chi connectivity index (χ4n) is 2.26. The number of amides is 1. The van der Waals surface area contributed by atoms with Gasteiger partial charge >= 0.3 is 0 Å². The van der Waals surface area contributed by atoms with Crippen LogP contribution >= 0.6 is 0 Å². The summed E-state index contributed by atoms with van der Waals surface area (Å²) in [6.45, 7) is 3.79.